The highest BCUT2D eigenvalue weighted by molar-refractivity contribution is 5.50. The van der Waals surface area contributed by atoms with Gasteiger partial charge in [-0.3, -0.25) is 4.68 Å². The maximum Gasteiger partial charge on any atom is 0.0562 e. The number of hydrogen-bond acceptors (Lipinski definition) is 2. The van der Waals surface area contributed by atoms with Crippen molar-refractivity contribution in [3.05, 3.63) is 23.5 Å². The second kappa shape index (κ2) is 6.01. The molecular formula is C14H23N3. The molecule has 1 saturated heterocycles. The molecule has 0 aromatic carbocycles. The topological polar surface area (TPSA) is 29.9 Å². The van der Waals surface area contributed by atoms with Crippen molar-refractivity contribution in [2.75, 3.05) is 6.54 Å². The zero-order valence-electron chi connectivity index (χ0n) is 10.9. The number of nitrogens with one attached hydrogen (secondary N) is 1. The number of piperidine rings is 1. The maximum atomic E-state index is 4.29. The van der Waals surface area contributed by atoms with E-state index in [2.05, 4.69) is 36.5 Å². The van der Waals surface area contributed by atoms with Gasteiger partial charge in [0.15, 0.2) is 0 Å². The van der Waals surface area contributed by atoms with Gasteiger partial charge in [0.25, 0.3) is 0 Å². The van der Waals surface area contributed by atoms with Gasteiger partial charge in [-0.2, -0.15) is 5.10 Å². The lowest BCUT2D eigenvalue weighted by atomic mass is 9.98. The molecule has 1 unspecified atom stereocenters. The third-order valence-corrected chi connectivity index (χ3v) is 3.37. The Morgan fingerprint density at radius 3 is 3.12 bits per heavy atom. The first-order chi connectivity index (χ1) is 8.28. The van der Waals surface area contributed by atoms with E-state index in [1.54, 1.807) is 0 Å². The number of aromatic nitrogens is 2. The predicted octanol–water partition coefficient (Wildman–Crippen LogP) is 2.84. The highest BCUT2D eigenvalue weighted by Gasteiger charge is 2.12. The molecule has 1 aliphatic rings. The molecular weight excluding hydrogens is 210 g/mol. The minimum Gasteiger partial charge on any atom is -0.314 e. The van der Waals surface area contributed by atoms with Crippen molar-refractivity contribution in [1.82, 2.24) is 15.1 Å². The van der Waals surface area contributed by atoms with Crippen molar-refractivity contribution < 1.29 is 0 Å². The third kappa shape index (κ3) is 3.70. The largest absolute Gasteiger partial charge is 0.314 e. The van der Waals surface area contributed by atoms with Gasteiger partial charge in [-0.15, -0.1) is 0 Å². The minimum absolute atomic E-state index is 0.682. The fraction of sp³-hybridized carbons (Fsp3) is 0.643. The van der Waals surface area contributed by atoms with Crippen molar-refractivity contribution >= 4 is 6.08 Å². The van der Waals surface area contributed by atoms with Crippen molar-refractivity contribution in [3.8, 4) is 0 Å². The molecule has 3 heteroatoms. The molecule has 2 heterocycles. The normalized spacial score (nSPS) is 21.8. The molecule has 2 rings (SSSR count). The summed E-state index contributed by atoms with van der Waals surface area (Å²) in [4.78, 5) is 0. The summed E-state index contributed by atoms with van der Waals surface area (Å²) in [6.07, 6.45) is 11.5. The SMILES string of the molecule is CCn1cc(/C=C(/C)CC2CCCCN2)cn1. The van der Waals surface area contributed by atoms with Gasteiger partial charge in [0.2, 0.25) is 0 Å². The van der Waals surface area contributed by atoms with Crippen LogP contribution in [0.1, 0.15) is 45.1 Å². The molecule has 1 N–H and O–H groups in total. The van der Waals surface area contributed by atoms with Crippen LogP contribution in [0.2, 0.25) is 0 Å². The van der Waals surface area contributed by atoms with E-state index in [9.17, 15) is 0 Å². The van der Waals surface area contributed by atoms with Crippen LogP contribution in [0.5, 0.6) is 0 Å². The van der Waals surface area contributed by atoms with E-state index in [0.717, 1.165) is 13.0 Å². The van der Waals surface area contributed by atoms with Gasteiger partial charge >= 0.3 is 0 Å². The smallest absolute Gasteiger partial charge is 0.0562 e. The Labute approximate surface area is 104 Å². The monoisotopic (exact) mass is 233 g/mol. The highest BCUT2D eigenvalue weighted by atomic mass is 15.3. The van der Waals surface area contributed by atoms with Crippen molar-refractivity contribution in [3.63, 3.8) is 0 Å². The fourth-order valence-corrected chi connectivity index (χ4v) is 2.46. The first-order valence-electron chi connectivity index (χ1n) is 6.71. The Hall–Kier alpha value is -1.09. The van der Waals surface area contributed by atoms with Crippen molar-refractivity contribution in [2.24, 2.45) is 0 Å². The van der Waals surface area contributed by atoms with E-state index in [-0.39, 0.29) is 0 Å². The lowest BCUT2D eigenvalue weighted by molar-refractivity contribution is 0.399. The van der Waals surface area contributed by atoms with Crippen LogP contribution in [0.25, 0.3) is 6.08 Å². The van der Waals surface area contributed by atoms with E-state index in [4.69, 9.17) is 0 Å². The molecule has 1 aromatic heterocycles. The highest BCUT2D eigenvalue weighted by Crippen LogP contribution is 2.16. The van der Waals surface area contributed by atoms with Crippen LogP contribution < -0.4 is 5.32 Å². The molecule has 1 aliphatic heterocycles. The summed E-state index contributed by atoms with van der Waals surface area (Å²) in [5, 5.41) is 7.88. The molecule has 0 radical (unpaired) electrons. The average Bonchev–Trinajstić information content (AvgIpc) is 2.78. The van der Waals surface area contributed by atoms with Crippen LogP contribution in [0, 0.1) is 0 Å². The molecule has 17 heavy (non-hydrogen) atoms. The second-order valence-corrected chi connectivity index (χ2v) is 4.97. The maximum absolute atomic E-state index is 4.29. The first-order valence-corrected chi connectivity index (χ1v) is 6.71. The third-order valence-electron chi connectivity index (χ3n) is 3.37. The van der Waals surface area contributed by atoms with Crippen LogP contribution in [-0.2, 0) is 6.54 Å². The number of hydrogen-bond donors (Lipinski definition) is 1. The summed E-state index contributed by atoms with van der Waals surface area (Å²) in [6.45, 7) is 6.46. The molecule has 3 nitrogen and oxygen atoms in total. The van der Waals surface area contributed by atoms with Gasteiger partial charge in [0.05, 0.1) is 6.20 Å². The minimum atomic E-state index is 0.682. The molecule has 94 valence electrons. The first kappa shape index (κ1) is 12.4. The van der Waals surface area contributed by atoms with E-state index in [0.29, 0.717) is 6.04 Å². The summed E-state index contributed by atoms with van der Waals surface area (Å²) in [5.41, 5.74) is 2.67. The van der Waals surface area contributed by atoms with Gasteiger partial charge in [-0.1, -0.05) is 18.1 Å². The Kier molecular flexibility index (Phi) is 4.37. The standard InChI is InChI=1S/C14H23N3/c1-3-17-11-13(10-16-17)8-12(2)9-14-6-4-5-7-15-14/h8,10-11,14-15H,3-7,9H2,1-2H3/b12-8-. The molecule has 0 aliphatic carbocycles. The van der Waals surface area contributed by atoms with Gasteiger partial charge in [-0.05, 0) is 39.7 Å². The zero-order valence-corrected chi connectivity index (χ0v) is 10.9. The van der Waals surface area contributed by atoms with Crippen LogP contribution in [-0.4, -0.2) is 22.4 Å². The summed E-state index contributed by atoms with van der Waals surface area (Å²) in [7, 11) is 0. The lowest BCUT2D eigenvalue weighted by Gasteiger charge is -2.23. The van der Waals surface area contributed by atoms with E-state index >= 15 is 0 Å². The summed E-state index contributed by atoms with van der Waals surface area (Å²) in [6, 6.07) is 0.682. The van der Waals surface area contributed by atoms with Crippen LogP contribution >= 0.6 is 0 Å². The summed E-state index contributed by atoms with van der Waals surface area (Å²) < 4.78 is 1.97. The van der Waals surface area contributed by atoms with E-state index in [1.165, 1.54) is 36.9 Å². The van der Waals surface area contributed by atoms with E-state index in [1.807, 2.05) is 10.9 Å². The molecule has 0 bridgehead atoms. The summed E-state index contributed by atoms with van der Waals surface area (Å²) >= 11 is 0. The number of nitrogens with zero attached hydrogens (tertiary/aromatic N) is 2. The molecule has 0 spiro atoms. The molecule has 1 atom stereocenters. The van der Waals surface area contributed by atoms with Crippen molar-refractivity contribution in [1.29, 1.82) is 0 Å². The average molecular weight is 233 g/mol. The Morgan fingerprint density at radius 1 is 1.59 bits per heavy atom. The van der Waals surface area contributed by atoms with Crippen LogP contribution in [0.3, 0.4) is 0 Å². The second-order valence-electron chi connectivity index (χ2n) is 4.97. The van der Waals surface area contributed by atoms with Crippen LogP contribution in [0.15, 0.2) is 18.0 Å². The van der Waals surface area contributed by atoms with Crippen molar-refractivity contribution in [2.45, 2.75) is 52.1 Å². The number of aryl methyl sites for hydroxylation is 1. The summed E-state index contributed by atoms with van der Waals surface area (Å²) in [5.74, 6) is 0. The molecule has 0 amide bonds. The lowest BCUT2D eigenvalue weighted by Crippen LogP contribution is -2.33. The Bertz CT molecular complexity index is 373. The van der Waals surface area contributed by atoms with Gasteiger partial charge in [-0.25, -0.2) is 0 Å². The van der Waals surface area contributed by atoms with E-state index < -0.39 is 0 Å². The predicted molar refractivity (Wildman–Crippen MR) is 71.8 cm³/mol. The Balaban J connectivity index is 1.91. The quantitative estimate of drug-likeness (QED) is 0.866. The van der Waals surface area contributed by atoms with Crippen LogP contribution in [0.4, 0.5) is 0 Å². The van der Waals surface area contributed by atoms with Gasteiger partial charge in [0, 0.05) is 24.3 Å². The molecule has 1 aromatic rings. The molecule has 0 saturated carbocycles. The fourth-order valence-electron chi connectivity index (χ4n) is 2.46. The zero-order chi connectivity index (χ0) is 12.1. The molecule has 1 fully saturated rings. The van der Waals surface area contributed by atoms with Gasteiger partial charge in [0.1, 0.15) is 0 Å². The Morgan fingerprint density at radius 2 is 2.47 bits per heavy atom. The van der Waals surface area contributed by atoms with Gasteiger partial charge < -0.3 is 5.32 Å². The number of rotatable bonds is 4.